The van der Waals surface area contributed by atoms with Gasteiger partial charge >= 0.3 is 12.3 Å². The van der Waals surface area contributed by atoms with Gasteiger partial charge in [0.2, 0.25) is 21.6 Å². The van der Waals surface area contributed by atoms with Crippen molar-refractivity contribution in [3.63, 3.8) is 0 Å². The smallest absolute Gasteiger partial charge is 0.501 e. The average Bonchev–Trinajstić information content (AvgIpc) is 2.58. The molecule has 0 bridgehead atoms. The first-order valence-electron chi connectivity index (χ1n) is 4.64. The molecule has 0 atom stereocenters. The molecule has 0 spiro atoms. The second kappa shape index (κ2) is 5.96. The second-order valence-electron chi connectivity index (χ2n) is 2.72. The van der Waals surface area contributed by atoms with Crippen LogP contribution in [0.5, 0.6) is 21.6 Å². The minimum absolute atomic E-state index is 0.0858. The fourth-order valence-electron chi connectivity index (χ4n) is 0.853. The Hall–Kier alpha value is -2.16. The van der Waals surface area contributed by atoms with Gasteiger partial charge in [-0.05, 0) is 6.92 Å². The van der Waals surface area contributed by atoms with Gasteiger partial charge < -0.3 is 29.2 Å². The Morgan fingerprint density at radius 2 is 1.61 bits per heavy atom. The van der Waals surface area contributed by atoms with Crippen LogP contribution in [0.2, 0.25) is 0 Å². The molecule has 1 aromatic rings. The molecule has 0 fully saturated rings. The van der Waals surface area contributed by atoms with Crippen LogP contribution in [-0.2, 0) is 9.47 Å². The Morgan fingerprint density at radius 1 is 1.11 bits per heavy atom. The van der Waals surface area contributed by atoms with Crippen molar-refractivity contribution in [3.8, 4) is 21.6 Å². The second-order valence-corrected chi connectivity index (χ2v) is 3.66. The molecule has 0 saturated heterocycles. The lowest BCUT2D eigenvalue weighted by Gasteiger charge is -2.00. The fourth-order valence-corrected chi connectivity index (χ4v) is 1.63. The number of carbonyl (C=O) groups is 2. The summed E-state index contributed by atoms with van der Waals surface area (Å²) in [6.45, 7) is 1.65. The van der Waals surface area contributed by atoms with Gasteiger partial charge in [-0.25, -0.2) is 9.59 Å². The highest BCUT2D eigenvalue weighted by Gasteiger charge is 2.24. The monoisotopic (exact) mass is 278 g/mol. The predicted molar refractivity (Wildman–Crippen MR) is 58.3 cm³/mol. The van der Waals surface area contributed by atoms with E-state index in [-0.39, 0.29) is 16.7 Å². The first-order valence-corrected chi connectivity index (χ1v) is 5.46. The molecule has 9 heteroatoms. The van der Waals surface area contributed by atoms with E-state index in [1.165, 1.54) is 0 Å². The van der Waals surface area contributed by atoms with Gasteiger partial charge in [0.25, 0.3) is 0 Å². The van der Waals surface area contributed by atoms with Crippen LogP contribution >= 0.6 is 11.3 Å². The van der Waals surface area contributed by atoms with Crippen LogP contribution < -0.4 is 9.47 Å². The van der Waals surface area contributed by atoms with Crippen molar-refractivity contribution < 1.29 is 38.7 Å². The van der Waals surface area contributed by atoms with Gasteiger partial charge in [-0.15, -0.1) is 0 Å². The highest BCUT2D eigenvalue weighted by molar-refractivity contribution is 7.16. The summed E-state index contributed by atoms with van der Waals surface area (Å²) in [5.41, 5.74) is 0. The molecule has 8 nitrogen and oxygen atoms in total. The van der Waals surface area contributed by atoms with E-state index in [2.05, 4.69) is 18.9 Å². The average molecular weight is 278 g/mol. The zero-order valence-electron chi connectivity index (χ0n) is 9.46. The summed E-state index contributed by atoms with van der Waals surface area (Å²) in [6.07, 6.45) is -2.15. The van der Waals surface area contributed by atoms with E-state index in [9.17, 15) is 19.8 Å². The first kappa shape index (κ1) is 13.9. The van der Waals surface area contributed by atoms with Crippen LogP contribution in [0.15, 0.2) is 0 Å². The molecule has 1 aromatic heterocycles. The van der Waals surface area contributed by atoms with Crippen LogP contribution in [0.25, 0.3) is 0 Å². The quantitative estimate of drug-likeness (QED) is 0.805. The van der Waals surface area contributed by atoms with Gasteiger partial charge in [0, 0.05) is 0 Å². The third kappa shape index (κ3) is 3.17. The summed E-state index contributed by atoms with van der Waals surface area (Å²) in [4.78, 5) is 21.8. The number of hydrogen-bond acceptors (Lipinski definition) is 9. The summed E-state index contributed by atoms with van der Waals surface area (Å²) < 4.78 is 17.8. The fraction of sp³-hybridized carbons (Fsp3) is 0.333. The zero-order chi connectivity index (χ0) is 13.7. The predicted octanol–water partition coefficient (Wildman–Crippen LogP) is 1.84. The molecule has 100 valence electrons. The number of hydrogen-bond donors (Lipinski definition) is 2. The van der Waals surface area contributed by atoms with Crippen LogP contribution in [0.4, 0.5) is 9.59 Å². The van der Waals surface area contributed by atoms with E-state index >= 15 is 0 Å². The molecule has 0 aliphatic carbocycles. The first-order chi connectivity index (χ1) is 8.49. The topological polar surface area (TPSA) is 112 Å². The molecule has 0 aliphatic rings. The Balaban J connectivity index is 2.85. The van der Waals surface area contributed by atoms with Crippen LogP contribution in [0, 0.1) is 0 Å². The number of thiophene rings is 1. The molecule has 0 saturated carbocycles. The van der Waals surface area contributed by atoms with E-state index < -0.39 is 23.8 Å². The minimum atomic E-state index is -1.09. The molecule has 0 aromatic carbocycles. The highest BCUT2D eigenvalue weighted by atomic mass is 32.1. The maximum atomic E-state index is 11.0. The highest BCUT2D eigenvalue weighted by Crippen LogP contribution is 2.51. The van der Waals surface area contributed by atoms with E-state index in [0.717, 1.165) is 7.11 Å². The molecular formula is C9H10O8S. The molecule has 18 heavy (non-hydrogen) atoms. The molecule has 0 radical (unpaired) electrons. The summed E-state index contributed by atoms with van der Waals surface area (Å²) in [6, 6.07) is 0. The Kier molecular flexibility index (Phi) is 4.60. The van der Waals surface area contributed by atoms with Gasteiger partial charge in [-0.2, -0.15) is 0 Å². The van der Waals surface area contributed by atoms with Crippen molar-refractivity contribution in [3.05, 3.63) is 0 Å². The molecule has 1 rings (SSSR count). The summed E-state index contributed by atoms with van der Waals surface area (Å²) in [5.74, 6) is -1.46. The van der Waals surface area contributed by atoms with Gasteiger partial charge in [0.05, 0.1) is 13.7 Å². The van der Waals surface area contributed by atoms with Crippen molar-refractivity contribution in [1.82, 2.24) is 0 Å². The van der Waals surface area contributed by atoms with Crippen LogP contribution in [-0.4, -0.2) is 36.2 Å². The van der Waals surface area contributed by atoms with Crippen LogP contribution in [0.3, 0.4) is 0 Å². The molecule has 2 N–H and O–H groups in total. The van der Waals surface area contributed by atoms with Crippen molar-refractivity contribution in [2.75, 3.05) is 13.7 Å². The van der Waals surface area contributed by atoms with Crippen LogP contribution in [0.1, 0.15) is 6.92 Å². The maximum absolute atomic E-state index is 11.0. The van der Waals surface area contributed by atoms with Gasteiger partial charge in [-0.1, -0.05) is 11.3 Å². The lowest BCUT2D eigenvalue weighted by atomic mass is 10.5. The molecule has 0 unspecified atom stereocenters. The van der Waals surface area contributed by atoms with Crippen molar-refractivity contribution >= 4 is 23.6 Å². The third-order valence-corrected chi connectivity index (χ3v) is 2.50. The van der Waals surface area contributed by atoms with E-state index in [1.54, 1.807) is 6.92 Å². The Morgan fingerprint density at radius 3 is 2.06 bits per heavy atom. The SMILES string of the molecule is CCOC(=O)Oc1sc(OC(=O)OC)c(O)c1O. The molecular weight excluding hydrogens is 268 g/mol. The molecule has 0 aliphatic heterocycles. The van der Waals surface area contributed by atoms with Gasteiger partial charge in [0.1, 0.15) is 0 Å². The summed E-state index contributed by atoms with van der Waals surface area (Å²) >= 11 is 0.538. The number of aromatic hydroxyl groups is 2. The molecule has 1 heterocycles. The number of methoxy groups -OCH3 is 1. The van der Waals surface area contributed by atoms with E-state index in [0.29, 0.717) is 11.3 Å². The number of ether oxygens (including phenoxy) is 4. The van der Waals surface area contributed by atoms with Gasteiger partial charge in [0.15, 0.2) is 0 Å². The van der Waals surface area contributed by atoms with E-state index in [4.69, 9.17) is 0 Å². The molecule has 0 amide bonds. The minimum Gasteiger partial charge on any atom is -0.501 e. The zero-order valence-corrected chi connectivity index (χ0v) is 10.3. The lowest BCUT2D eigenvalue weighted by Crippen LogP contribution is -2.09. The number of carbonyl (C=O) groups excluding carboxylic acids is 2. The normalized spacial score (nSPS) is 9.67. The number of rotatable bonds is 3. The van der Waals surface area contributed by atoms with Gasteiger partial charge in [-0.3, -0.25) is 0 Å². The van der Waals surface area contributed by atoms with Crippen molar-refractivity contribution in [2.24, 2.45) is 0 Å². The summed E-state index contributed by atoms with van der Waals surface area (Å²) in [7, 11) is 1.07. The Bertz CT molecular complexity index is 452. The van der Waals surface area contributed by atoms with Crippen molar-refractivity contribution in [2.45, 2.75) is 6.92 Å². The largest absolute Gasteiger partial charge is 0.514 e. The Labute approximate surface area is 105 Å². The van der Waals surface area contributed by atoms with Crippen molar-refractivity contribution in [1.29, 1.82) is 0 Å². The lowest BCUT2D eigenvalue weighted by molar-refractivity contribution is 0.104. The third-order valence-electron chi connectivity index (χ3n) is 1.58. The maximum Gasteiger partial charge on any atom is 0.514 e. The van der Waals surface area contributed by atoms with E-state index in [1.807, 2.05) is 0 Å². The summed E-state index contributed by atoms with van der Waals surface area (Å²) in [5, 5.41) is 18.1. The standard InChI is InChI=1S/C9H10O8S/c1-3-15-9(13)17-7-5(11)4(10)6(18-7)16-8(12)14-2/h10-11H,3H2,1-2H3.